The van der Waals surface area contributed by atoms with Gasteiger partial charge in [0.25, 0.3) is 0 Å². The molecule has 0 aromatic carbocycles. The van der Waals surface area contributed by atoms with E-state index in [0.29, 0.717) is 5.92 Å². The Morgan fingerprint density at radius 1 is 1.56 bits per heavy atom. The van der Waals surface area contributed by atoms with Crippen LogP contribution in [0.15, 0.2) is 6.20 Å². The van der Waals surface area contributed by atoms with Crippen molar-refractivity contribution < 1.29 is 0 Å². The number of nitrogens with one attached hydrogen (secondary N) is 1. The van der Waals surface area contributed by atoms with Gasteiger partial charge in [-0.05, 0) is 19.4 Å². The summed E-state index contributed by atoms with van der Waals surface area (Å²) in [6.07, 6.45) is 8.05. The second-order valence-corrected chi connectivity index (χ2v) is 4.48. The zero-order valence-corrected chi connectivity index (χ0v) is 10.5. The van der Waals surface area contributed by atoms with Crippen LogP contribution in [-0.4, -0.2) is 16.3 Å². The summed E-state index contributed by atoms with van der Waals surface area (Å²) in [7, 11) is 0. The molecule has 1 aromatic heterocycles. The summed E-state index contributed by atoms with van der Waals surface area (Å²) >= 11 is 0. The first kappa shape index (κ1) is 12.8. The van der Waals surface area contributed by atoms with Crippen LogP contribution in [0.5, 0.6) is 0 Å². The third kappa shape index (κ3) is 4.08. The van der Waals surface area contributed by atoms with Gasteiger partial charge in [-0.3, -0.25) is 4.68 Å². The Morgan fingerprint density at radius 3 is 2.94 bits per heavy atom. The first-order chi connectivity index (χ1) is 7.63. The summed E-state index contributed by atoms with van der Waals surface area (Å²) in [5.41, 5.74) is 2.35. The minimum absolute atomic E-state index is 0.678. The maximum Gasteiger partial charge on any atom is 0.0638 e. The Balaban J connectivity index is 2.47. The van der Waals surface area contributed by atoms with Crippen LogP contribution in [0.25, 0.3) is 0 Å². The summed E-state index contributed by atoms with van der Waals surface area (Å²) in [5.74, 6) is 3.30. The van der Waals surface area contributed by atoms with Crippen molar-refractivity contribution >= 4 is 0 Å². The van der Waals surface area contributed by atoms with E-state index < -0.39 is 0 Å². The molecule has 1 heterocycles. The van der Waals surface area contributed by atoms with Gasteiger partial charge in [0, 0.05) is 24.7 Å². The minimum atomic E-state index is 0.678. The highest BCUT2D eigenvalue weighted by atomic mass is 15.3. The molecule has 0 aliphatic carbocycles. The van der Waals surface area contributed by atoms with Gasteiger partial charge in [-0.1, -0.05) is 13.8 Å². The van der Waals surface area contributed by atoms with Crippen LogP contribution in [0.4, 0.5) is 0 Å². The second-order valence-electron chi connectivity index (χ2n) is 4.48. The summed E-state index contributed by atoms with van der Waals surface area (Å²) in [6, 6.07) is 0. The fourth-order valence-corrected chi connectivity index (χ4v) is 1.52. The van der Waals surface area contributed by atoms with E-state index in [0.717, 1.165) is 31.7 Å². The molecule has 0 fully saturated rings. The van der Waals surface area contributed by atoms with Crippen molar-refractivity contribution in [3.05, 3.63) is 17.5 Å². The van der Waals surface area contributed by atoms with Crippen LogP contribution in [0.1, 0.15) is 31.5 Å². The number of rotatable bonds is 6. The largest absolute Gasteiger partial charge is 0.312 e. The Hall–Kier alpha value is -1.27. The molecule has 1 rings (SSSR count). The molecule has 0 aliphatic rings. The van der Waals surface area contributed by atoms with Crippen LogP contribution in [-0.2, 0) is 13.1 Å². The number of hydrogen-bond donors (Lipinski definition) is 1. The molecule has 0 amide bonds. The van der Waals surface area contributed by atoms with E-state index in [2.05, 4.69) is 36.4 Å². The molecule has 0 unspecified atom stereocenters. The third-order valence-electron chi connectivity index (χ3n) is 2.40. The summed E-state index contributed by atoms with van der Waals surface area (Å²) in [6.45, 7) is 9.18. The van der Waals surface area contributed by atoms with Crippen LogP contribution in [0.2, 0.25) is 0 Å². The van der Waals surface area contributed by atoms with Gasteiger partial charge in [-0.2, -0.15) is 5.10 Å². The lowest BCUT2D eigenvalue weighted by Crippen LogP contribution is -2.19. The average molecular weight is 219 g/mol. The first-order valence-corrected chi connectivity index (χ1v) is 5.80. The molecule has 1 N–H and O–H groups in total. The third-order valence-corrected chi connectivity index (χ3v) is 2.40. The van der Waals surface area contributed by atoms with Crippen molar-refractivity contribution in [3.8, 4) is 12.3 Å². The summed E-state index contributed by atoms with van der Waals surface area (Å²) < 4.78 is 1.93. The van der Waals surface area contributed by atoms with Gasteiger partial charge in [0.1, 0.15) is 0 Å². The summed E-state index contributed by atoms with van der Waals surface area (Å²) in [4.78, 5) is 0. The van der Waals surface area contributed by atoms with Gasteiger partial charge < -0.3 is 5.32 Å². The molecule has 0 atom stereocenters. The van der Waals surface area contributed by atoms with E-state index in [1.807, 2.05) is 11.6 Å². The molecule has 16 heavy (non-hydrogen) atoms. The molecule has 88 valence electrons. The predicted molar refractivity (Wildman–Crippen MR) is 67.0 cm³/mol. The normalized spacial score (nSPS) is 10.7. The highest BCUT2D eigenvalue weighted by Gasteiger charge is 2.04. The van der Waals surface area contributed by atoms with Crippen LogP contribution in [0.3, 0.4) is 0 Å². The number of nitrogens with zero attached hydrogens (tertiary/aromatic N) is 2. The van der Waals surface area contributed by atoms with Crippen molar-refractivity contribution in [1.29, 1.82) is 0 Å². The van der Waals surface area contributed by atoms with E-state index in [4.69, 9.17) is 6.42 Å². The van der Waals surface area contributed by atoms with Crippen molar-refractivity contribution in [1.82, 2.24) is 15.1 Å². The van der Waals surface area contributed by atoms with Gasteiger partial charge in [0.2, 0.25) is 0 Å². The Morgan fingerprint density at radius 2 is 2.31 bits per heavy atom. The van der Waals surface area contributed by atoms with Gasteiger partial charge in [0.05, 0.1) is 12.2 Å². The van der Waals surface area contributed by atoms with Crippen molar-refractivity contribution in [2.75, 3.05) is 6.54 Å². The lowest BCUT2D eigenvalue weighted by molar-refractivity contribution is 0.551. The van der Waals surface area contributed by atoms with Crippen molar-refractivity contribution in [2.24, 2.45) is 5.92 Å². The monoisotopic (exact) mass is 219 g/mol. The van der Waals surface area contributed by atoms with E-state index in [1.165, 1.54) is 5.56 Å². The minimum Gasteiger partial charge on any atom is -0.312 e. The summed E-state index contributed by atoms with van der Waals surface area (Å²) in [5, 5.41) is 7.84. The van der Waals surface area contributed by atoms with E-state index >= 15 is 0 Å². The van der Waals surface area contributed by atoms with Crippen molar-refractivity contribution in [2.45, 2.75) is 40.3 Å². The van der Waals surface area contributed by atoms with Crippen LogP contribution in [0, 0.1) is 25.2 Å². The quantitative estimate of drug-likeness (QED) is 0.741. The van der Waals surface area contributed by atoms with E-state index in [9.17, 15) is 0 Å². The maximum absolute atomic E-state index is 5.23. The Kier molecular flexibility index (Phi) is 5.07. The topological polar surface area (TPSA) is 29.9 Å². The lowest BCUT2D eigenvalue weighted by Gasteiger charge is -2.05. The highest BCUT2D eigenvalue weighted by molar-refractivity contribution is 5.15. The van der Waals surface area contributed by atoms with Gasteiger partial charge >= 0.3 is 0 Å². The van der Waals surface area contributed by atoms with Gasteiger partial charge in [-0.25, -0.2) is 0 Å². The highest BCUT2D eigenvalue weighted by Crippen LogP contribution is 2.06. The fourth-order valence-electron chi connectivity index (χ4n) is 1.52. The van der Waals surface area contributed by atoms with Crippen LogP contribution >= 0.6 is 0 Å². The number of terminal acetylenes is 1. The zero-order chi connectivity index (χ0) is 12.0. The molecule has 3 heteroatoms. The van der Waals surface area contributed by atoms with Crippen molar-refractivity contribution in [3.63, 3.8) is 0 Å². The molecule has 0 aliphatic heterocycles. The number of aromatic nitrogens is 2. The van der Waals surface area contributed by atoms with E-state index in [1.54, 1.807) is 0 Å². The second kappa shape index (κ2) is 6.34. The lowest BCUT2D eigenvalue weighted by atomic mass is 10.2. The van der Waals surface area contributed by atoms with E-state index in [-0.39, 0.29) is 0 Å². The molecule has 1 aromatic rings. The molecule has 0 saturated heterocycles. The van der Waals surface area contributed by atoms with Gasteiger partial charge in [-0.15, -0.1) is 12.3 Å². The average Bonchev–Trinajstić information content (AvgIpc) is 2.56. The Labute approximate surface area is 98.2 Å². The Bertz CT molecular complexity index is 358. The smallest absolute Gasteiger partial charge is 0.0638 e. The first-order valence-electron chi connectivity index (χ1n) is 5.80. The predicted octanol–water partition coefficient (Wildman–Crippen LogP) is 1.96. The molecule has 0 bridgehead atoms. The molecule has 3 nitrogen and oxygen atoms in total. The molecule has 0 saturated carbocycles. The molecule has 0 spiro atoms. The maximum atomic E-state index is 5.23. The number of hydrogen-bond acceptors (Lipinski definition) is 2. The molecule has 0 radical (unpaired) electrons. The zero-order valence-electron chi connectivity index (χ0n) is 10.5. The number of aryl methyl sites for hydroxylation is 2. The molecular weight excluding hydrogens is 198 g/mol. The van der Waals surface area contributed by atoms with Gasteiger partial charge in [0.15, 0.2) is 0 Å². The SMILES string of the molecule is C#CCCn1cc(CNCC(C)C)c(C)n1. The fraction of sp³-hybridized carbons (Fsp3) is 0.615. The molecular formula is C13H21N3. The standard InChI is InChI=1S/C13H21N3/c1-5-6-7-16-10-13(12(4)15-16)9-14-8-11(2)3/h1,10-11,14H,6-9H2,2-4H3. The van der Waals surface area contributed by atoms with Crippen LogP contribution < -0.4 is 5.32 Å².